The molecule has 4 fully saturated rings. The summed E-state index contributed by atoms with van der Waals surface area (Å²) in [6, 6.07) is 0. The maximum atomic E-state index is 13.2. The monoisotopic (exact) mass is 507 g/mol. The van der Waals surface area contributed by atoms with Crippen LogP contribution in [0.5, 0.6) is 0 Å². The normalized spacial score (nSPS) is 32.5. The number of hydrogen-bond acceptors (Lipinski definition) is 1. The maximum absolute atomic E-state index is 13.2. The van der Waals surface area contributed by atoms with Gasteiger partial charge in [-0.1, -0.05) is 96.2 Å². The molecular weight excluding hydrogens is 449 g/mol. The average Bonchev–Trinajstić information content (AvgIpc) is 2.55. The summed E-state index contributed by atoms with van der Waals surface area (Å²) in [7, 11) is -5.58. The fourth-order valence-electron chi connectivity index (χ4n) is 9.88. The molecule has 4 heteroatoms. The zero-order chi connectivity index (χ0) is 25.6. The van der Waals surface area contributed by atoms with Gasteiger partial charge in [0.2, 0.25) is 0 Å². The molecule has 4 aliphatic carbocycles. The van der Waals surface area contributed by atoms with Crippen molar-refractivity contribution in [3.8, 4) is 0 Å². The summed E-state index contributed by atoms with van der Waals surface area (Å²) in [5.41, 5.74) is 0.421. The summed E-state index contributed by atoms with van der Waals surface area (Å²) in [4.78, 5) is 13.2. The van der Waals surface area contributed by atoms with Gasteiger partial charge in [0.15, 0.2) is 8.56 Å². The van der Waals surface area contributed by atoms with E-state index in [1.807, 2.05) is 0 Å². The first-order valence-electron chi connectivity index (χ1n) is 14.1. The van der Waals surface area contributed by atoms with E-state index in [9.17, 15) is 4.80 Å². The molecule has 193 valence electrons. The summed E-state index contributed by atoms with van der Waals surface area (Å²) < 4.78 is 0. The molecule has 0 aromatic heterocycles. The van der Waals surface area contributed by atoms with Crippen molar-refractivity contribution in [1.82, 2.24) is 0 Å². The van der Waals surface area contributed by atoms with Crippen molar-refractivity contribution in [2.24, 2.45) is 23.2 Å². The van der Waals surface area contributed by atoms with E-state index in [-0.39, 0.29) is 20.2 Å². The third-order valence-corrected chi connectivity index (χ3v) is 40.2. The molecule has 4 aliphatic rings. The van der Waals surface area contributed by atoms with Crippen LogP contribution in [0.2, 0.25) is 38.4 Å². The van der Waals surface area contributed by atoms with E-state index in [0.717, 1.165) is 17.8 Å². The Labute approximate surface area is 211 Å². The Morgan fingerprint density at radius 2 is 0.939 bits per heavy atom. The van der Waals surface area contributed by atoms with Crippen LogP contribution in [0.15, 0.2) is 0 Å². The Balaban J connectivity index is 2.31. The van der Waals surface area contributed by atoms with Gasteiger partial charge in [0, 0.05) is 0 Å². The number of hydrogen-bond donors (Lipinski definition) is 1. The molecule has 0 aromatic rings. The van der Waals surface area contributed by atoms with E-state index in [2.05, 4.69) is 96.2 Å². The predicted molar refractivity (Wildman–Crippen MR) is 154 cm³/mol. The molecule has 33 heavy (non-hydrogen) atoms. The zero-order valence-electron chi connectivity index (χ0n) is 25.0. The number of rotatable bonds is 4. The van der Waals surface area contributed by atoms with Gasteiger partial charge in [0.25, 0.3) is 0 Å². The summed E-state index contributed by atoms with van der Waals surface area (Å²) >= 11 is 0. The first kappa shape index (κ1) is 28.2. The van der Waals surface area contributed by atoms with Gasteiger partial charge >= 0.3 is 0 Å². The summed E-state index contributed by atoms with van der Waals surface area (Å²) in [6.45, 7) is 35.6. The van der Waals surface area contributed by atoms with Crippen molar-refractivity contribution in [3.63, 3.8) is 0 Å². The zero-order valence-corrected chi connectivity index (χ0v) is 28.0. The smallest absolute Gasteiger partial charge is 0.193 e. The van der Waals surface area contributed by atoms with Gasteiger partial charge < -0.3 is 4.80 Å². The minimum absolute atomic E-state index is 0.208. The lowest BCUT2D eigenvalue weighted by atomic mass is 9.50. The van der Waals surface area contributed by atoms with Crippen molar-refractivity contribution >= 4 is 24.2 Å². The van der Waals surface area contributed by atoms with Gasteiger partial charge in [0.05, 0.1) is 15.7 Å². The van der Waals surface area contributed by atoms with Crippen LogP contribution in [0, 0.1) is 23.2 Å². The molecule has 0 aliphatic heterocycles. The summed E-state index contributed by atoms with van der Waals surface area (Å²) in [5, 5.41) is 1.57. The van der Waals surface area contributed by atoms with Gasteiger partial charge in [-0.2, -0.15) is 0 Å². The van der Waals surface area contributed by atoms with Gasteiger partial charge in [-0.15, -0.1) is 0 Å². The van der Waals surface area contributed by atoms with E-state index >= 15 is 0 Å². The van der Waals surface area contributed by atoms with Crippen LogP contribution in [0.4, 0.5) is 0 Å². The van der Waals surface area contributed by atoms with Crippen LogP contribution in [-0.2, 0) is 0 Å². The molecule has 0 heterocycles. The Kier molecular flexibility index (Phi) is 6.88. The highest BCUT2D eigenvalue weighted by atomic mass is 29.2. The van der Waals surface area contributed by atoms with Crippen LogP contribution < -0.4 is 0 Å². The third-order valence-electron chi connectivity index (χ3n) is 12.2. The molecule has 1 radical (unpaired) electrons. The molecule has 4 saturated carbocycles. The largest absolute Gasteiger partial charge is 0.434 e. The molecule has 1 atom stereocenters. The molecule has 1 N–H and O–H groups in total. The van der Waals surface area contributed by atoms with Gasteiger partial charge in [-0.05, 0) is 87.0 Å². The van der Waals surface area contributed by atoms with Gasteiger partial charge in [-0.25, -0.2) is 0 Å². The molecule has 0 saturated heterocycles. The molecule has 4 bridgehead atoms. The fourth-order valence-corrected chi connectivity index (χ4v) is 38.0. The van der Waals surface area contributed by atoms with E-state index in [1.54, 1.807) is 0 Å². The standard InChI is InChI=1S/C29H59OSi3/c1-25(2,3)32(13,26(4,5)6)24(31(30)33(14,27(7,8)9)28(10,11)12)29-18-21-15-22(19-29)17-23(16-21)20-29/h21-24,30H,15-20H2,1-14H3. The average molecular weight is 508 g/mol. The van der Waals surface area contributed by atoms with E-state index in [4.69, 9.17) is 0 Å². The molecule has 1 nitrogen and oxygen atoms in total. The van der Waals surface area contributed by atoms with E-state index in [0.29, 0.717) is 10.6 Å². The van der Waals surface area contributed by atoms with Crippen LogP contribution in [-0.4, -0.2) is 29.0 Å². The van der Waals surface area contributed by atoms with Crippen LogP contribution >= 0.6 is 0 Å². The van der Waals surface area contributed by atoms with Crippen molar-refractivity contribution in [3.05, 3.63) is 0 Å². The Bertz CT molecular complexity index is 665. The SMILES string of the molecule is CC(C)(C)[Si](C)(C([Si](O)[Si](C)(C(C)(C)C)C(C)(C)C)C12CC3CC(CC(C3)C1)C2)C(C)(C)C. The lowest BCUT2D eigenvalue weighted by Gasteiger charge is -2.69. The second kappa shape index (κ2) is 8.05. The van der Waals surface area contributed by atoms with E-state index < -0.39 is 24.2 Å². The molecular formula is C29H59OSi3. The van der Waals surface area contributed by atoms with E-state index in [1.165, 1.54) is 38.5 Å². The lowest BCUT2D eigenvalue weighted by Crippen LogP contribution is -2.73. The predicted octanol–water partition coefficient (Wildman–Crippen LogP) is 9.53. The second-order valence-corrected chi connectivity index (χ2v) is 35.1. The quantitative estimate of drug-likeness (QED) is 0.375. The van der Waals surface area contributed by atoms with Crippen molar-refractivity contribution in [2.45, 2.75) is 160 Å². The lowest BCUT2D eigenvalue weighted by molar-refractivity contribution is -0.0500. The van der Waals surface area contributed by atoms with Gasteiger partial charge in [-0.3, -0.25) is 0 Å². The van der Waals surface area contributed by atoms with Crippen LogP contribution in [0.3, 0.4) is 0 Å². The van der Waals surface area contributed by atoms with Crippen LogP contribution in [0.1, 0.15) is 122 Å². The van der Waals surface area contributed by atoms with Gasteiger partial charge in [0.1, 0.15) is 0 Å². The van der Waals surface area contributed by atoms with Crippen LogP contribution in [0.25, 0.3) is 0 Å². The van der Waals surface area contributed by atoms with Crippen molar-refractivity contribution in [2.75, 3.05) is 0 Å². The Hall–Kier alpha value is 0.611. The molecule has 0 aromatic carbocycles. The molecule has 1 unspecified atom stereocenters. The minimum atomic E-state index is -2.05. The fraction of sp³-hybridized carbons (Fsp3) is 1.00. The topological polar surface area (TPSA) is 20.2 Å². The second-order valence-electron chi connectivity index (χ2n) is 17.4. The highest BCUT2D eigenvalue weighted by Crippen LogP contribution is 2.72. The van der Waals surface area contributed by atoms with Crippen molar-refractivity contribution < 1.29 is 4.80 Å². The first-order valence-corrected chi connectivity index (χ1v) is 21.7. The highest BCUT2D eigenvalue weighted by molar-refractivity contribution is 7.35. The highest BCUT2D eigenvalue weighted by Gasteiger charge is 2.70. The minimum Gasteiger partial charge on any atom is -0.434 e. The molecule has 0 amide bonds. The molecule has 4 rings (SSSR count). The third kappa shape index (κ3) is 4.17. The first-order chi connectivity index (χ1) is 14.5. The Morgan fingerprint density at radius 3 is 1.18 bits per heavy atom. The summed E-state index contributed by atoms with van der Waals surface area (Å²) in [6.07, 6.45) is 8.80. The Morgan fingerprint density at radius 1 is 0.636 bits per heavy atom. The van der Waals surface area contributed by atoms with Crippen molar-refractivity contribution in [1.29, 1.82) is 0 Å². The molecule has 0 spiro atoms. The maximum Gasteiger partial charge on any atom is 0.193 e. The summed E-state index contributed by atoms with van der Waals surface area (Å²) in [5.74, 6) is 2.84.